The van der Waals surface area contributed by atoms with Crippen molar-refractivity contribution in [2.24, 2.45) is 5.73 Å². The van der Waals surface area contributed by atoms with Crippen molar-refractivity contribution in [1.29, 1.82) is 0 Å². The lowest BCUT2D eigenvalue weighted by molar-refractivity contribution is -0.117. The Labute approximate surface area is 125 Å². The van der Waals surface area contributed by atoms with Crippen LogP contribution in [0.1, 0.15) is 18.9 Å². The fourth-order valence-electron chi connectivity index (χ4n) is 1.73. The van der Waals surface area contributed by atoms with Crippen molar-refractivity contribution in [1.82, 2.24) is 0 Å². The number of hydrogen-bond donors (Lipinski definition) is 2. The zero-order valence-electron chi connectivity index (χ0n) is 12.5. The largest absolute Gasteiger partial charge is 0.494 e. The summed E-state index contributed by atoms with van der Waals surface area (Å²) in [7, 11) is -3.12. The van der Waals surface area contributed by atoms with Crippen molar-refractivity contribution >= 4 is 21.4 Å². The van der Waals surface area contributed by atoms with Gasteiger partial charge in [-0.25, -0.2) is 8.42 Å². The van der Waals surface area contributed by atoms with E-state index in [4.69, 9.17) is 10.5 Å². The predicted octanol–water partition coefficient (Wildman–Crippen LogP) is 1.09. The van der Waals surface area contributed by atoms with Gasteiger partial charge in [-0.1, -0.05) is 0 Å². The van der Waals surface area contributed by atoms with E-state index < -0.39 is 21.8 Å². The molecule has 118 valence electrons. The monoisotopic (exact) mass is 314 g/mol. The van der Waals surface area contributed by atoms with Gasteiger partial charge in [0.2, 0.25) is 5.91 Å². The molecule has 1 aromatic carbocycles. The van der Waals surface area contributed by atoms with Crippen molar-refractivity contribution < 1.29 is 17.9 Å². The van der Waals surface area contributed by atoms with Crippen molar-refractivity contribution in [3.05, 3.63) is 23.8 Å². The van der Waals surface area contributed by atoms with Crippen LogP contribution in [0.3, 0.4) is 0 Å². The molecule has 0 spiro atoms. The van der Waals surface area contributed by atoms with Gasteiger partial charge < -0.3 is 15.8 Å². The number of nitrogens with two attached hydrogens (primary N) is 1. The van der Waals surface area contributed by atoms with E-state index in [0.29, 0.717) is 12.3 Å². The Morgan fingerprint density at radius 3 is 2.62 bits per heavy atom. The van der Waals surface area contributed by atoms with Crippen LogP contribution in [0.4, 0.5) is 5.69 Å². The summed E-state index contributed by atoms with van der Waals surface area (Å²) in [6, 6.07) is 4.46. The van der Waals surface area contributed by atoms with E-state index in [0.717, 1.165) is 17.6 Å². The number of carbonyl (C=O) groups excluding carboxylic acids is 1. The maximum absolute atomic E-state index is 11.9. The zero-order valence-corrected chi connectivity index (χ0v) is 13.4. The minimum Gasteiger partial charge on any atom is -0.494 e. The Bertz CT molecular complexity index is 599. The SMILES string of the molecule is CCOc1ccc(NC(=O)C(N)CCS(C)(=O)=O)c(C)c1. The van der Waals surface area contributed by atoms with E-state index in [1.807, 2.05) is 19.9 Å². The lowest BCUT2D eigenvalue weighted by atomic mass is 10.1. The first-order chi connectivity index (χ1) is 9.73. The smallest absolute Gasteiger partial charge is 0.241 e. The van der Waals surface area contributed by atoms with Crippen molar-refractivity contribution in [2.45, 2.75) is 26.3 Å². The first kappa shape index (κ1) is 17.5. The predicted molar refractivity (Wildman–Crippen MR) is 83.3 cm³/mol. The quantitative estimate of drug-likeness (QED) is 0.785. The molecule has 1 aromatic rings. The van der Waals surface area contributed by atoms with Gasteiger partial charge in [0, 0.05) is 11.9 Å². The molecule has 1 amide bonds. The Morgan fingerprint density at radius 2 is 2.10 bits per heavy atom. The first-order valence-electron chi connectivity index (χ1n) is 6.70. The molecule has 1 unspecified atom stereocenters. The number of amides is 1. The summed E-state index contributed by atoms with van der Waals surface area (Å²) in [5.41, 5.74) is 7.19. The number of benzene rings is 1. The van der Waals surface area contributed by atoms with Crippen LogP contribution in [0, 0.1) is 6.92 Å². The normalized spacial score (nSPS) is 12.8. The van der Waals surface area contributed by atoms with E-state index in [9.17, 15) is 13.2 Å². The summed E-state index contributed by atoms with van der Waals surface area (Å²) in [4.78, 5) is 11.9. The molecule has 1 atom stereocenters. The van der Waals surface area contributed by atoms with Gasteiger partial charge in [0.05, 0.1) is 18.4 Å². The Balaban J connectivity index is 2.66. The average molecular weight is 314 g/mol. The van der Waals surface area contributed by atoms with Crippen molar-refractivity contribution in [3.8, 4) is 5.75 Å². The van der Waals surface area contributed by atoms with Gasteiger partial charge in [0.1, 0.15) is 15.6 Å². The topological polar surface area (TPSA) is 98.5 Å². The molecule has 0 aromatic heterocycles. The third kappa shape index (κ3) is 6.14. The summed E-state index contributed by atoms with van der Waals surface area (Å²) in [6.07, 6.45) is 1.22. The van der Waals surface area contributed by atoms with Crippen LogP contribution >= 0.6 is 0 Å². The van der Waals surface area contributed by atoms with Gasteiger partial charge in [-0.3, -0.25) is 4.79 Å². The summed E-state index contributed by atoms with van der Waals surface area (Å²) in [6.45, 7) is 4.31. The summed E-state index contributed by atoms with van der Waals surface area (Å²) >= 11 is 0. The van der Waals surface area contributed by atoms with Gasteiger partial charge in [-0.15, -0.1) is 0 Å². The molecule has 0 radical (unpaired) electrons. The van der Waals surface area contributed by atoms with Crippen LogP contribution in [0.2, 0.25) is 0 Å². The molecule has 7 heteroatoms. The number of carbonyl (C=O) groups is 1. The number of aryl methyl sites for hydroxylation is 1. The number of sulfone groups is 1. The van der Waals surface area contributed by atoms with Crippen LogP contribution in [0.15, 0.2) is 18.2 Å². The van der Waals surface area contributed by atoms with Gasteiger partial charge in [-0.05, 0) is 44.0 Å². The molecule has 21 heavy (non-hydrogen) atoms. The maximum atomic E-state index is 11.9. The van der Waals surface area contributed by atoms with E-state index in [1.54, 1.807) is 12.1 Å². The molecule has 0 saturated heterocycles. The standard InChI is InChI=1S/C14H22N2O4S/c1-4-20-11-5-6-13(10(2)9-11)16-14(17)12(15)7-8-21(3,18)19/h5-6,9,12H,4,7-8,15H2,1-3H3,(H,16,17). The Hall–Kier alpha value is -1.60. The highest BCUT2D eigenvalue weighted by molar-refractivity contribution is 7.90. The maximum Gasteiger partial charge on any atom is 0.241 e. The highest BCUT2D eigenvalue weighted by atomic mass is 32.2. The zero-order chi connectivity index (χ0) is 16.0. The van der Waals surface area contributed by atoms with Crippen LogP contribution in [0.25, 0.3) is 0 Å². The lowest BCUT2D eigenvalue weighted by Gasteiger charge is -2.14. The summed E-state index contributed by atoms with van der Waals surface area (Å²) in [5.74, 6) is 0.226. The van der Waals surface area contributed by atoms with E-state index in [1.165, 1.54) is 0 Å². The number of nitrogens with one attached hydrogen (secondary N) is 1. The van der Waals surface area contributed by atoms with E-state index in [2.05, 4.69) is 5.32 Å². The van der Waals surface area contributed by atoms with Crippen molar-refractivity contribution in [3.63, 3.8) is 0 Å². The Morgan fingerprint density at radius 1 is 1.43 bits per heavy atom. The molecule has 0 aliphatic carbocycles. The molecule has 0 heterocycles. The second-order valence-corrected chi connectivity index (χ2v) is 7.18. The minimum absolute atomic E-state index is 0.0980. The highest BCUT2D eigenvalue weighted by Gasteiger charge is 2.16. The number of rotatable bonds is 7. The summed E-state index contributed by atoms with van der Waals surface area (Å²) in [5, 5.41) is 2.70. The third-order valence-corrected chi connectivity index (χ3v) is 3.88. The lowest BCUT2D eigenvalue weighted by Crippen LogP contribution is -2.37. The summed E-state index contributed by atoms with van der Waals surface area (Å²) < 4.78 is 27.5. The van der Waals surface area contributed by atoms with Crippen LogP contribution < -0.4 is 15.8 Å². The van der Waals surface area contributed by atoms with Crippen molar-refractivity contribution in [2.75, 3.05) is 23.9 Å². The molecule has 6 nitrogen and oxygen atoms in total. The van der Waals surface area contributed by atoms with Gasteiger partial charge in [-0.2, -0.15) is 0 Å². The van der Waals surface area contributed by atoms with Crippen LogP contribution in [-0.4, -0.2) is 39.0 Å². The van der Waals surface area contributed by atoms with Gasteiger partial charge in [0.15, 0.2) is 0 Å². The van der Waals surface area contributed by atoms with E-state index in [-0.39, 0.29) is 12.2 Å². The first-order valence-corrected chi connectivity index (χ1v) is 8.76. The minimum atomic E-state index is -3.12. The average Bonchev–Trinajstić information content (AvgIpc) is 2.38. The van der Waals surface area contributed by atoms with Gasteiger partial charge >= 0.3 is 0 Å². The molecule has 0 saturated carbocycles. The molecule has 0 aliphatic rings. The Kier molecular flexibility index (Phi) is 6.17. The molecule has 3 N–H and O–H groups in total. The highest BCUT2D eigenvalue weighted by Crippen LogP contribution is 2.21. The second kappa shape index (κ2) is 7.42. The second-order valence-electron chi connectivity index (χ2n) is 4.92. The fourth-order valence-corrected chi connectivity index (χ4v) is 2.41. The number of hydrogen-bond acceptors (Lipinski definition) is 5. The molecule has 0 bridgehead atoms. The number of anilines is 1. The molecular formula is C14H22N2O4S. The number of ether oxygens (including phenoxy) is 1. The van der Waals surface area contributed by atoms with Gasteiger partial charge in [0.25, 0.3) is 0 Å². The third-order valence-electron chi connectivity index (χ3n) is 2.90. The fraction of sp³-hybridized carbons (Fsp3) is 0.500. The van der Waals surface area contributed by atoms with E-state index >= 15 is 0 Å². The van der Waals surface area contributed by atoms with Crippen LogP contribution in [0.5, 0.6) is 5.75 Å². The molecule has 0 aliphatic heterocycles. The van der Waals surface area contributed by atoms with Crippen LogP contribution in [-0.2, 0) is 14.6 Å². The molecule has 0 fully saturated rings. The molecule has 1 rings (SSSR count). The molecular weight excluding hydrogens is 292 g/mol.